The molecule has 0 aromatic heterocycles. The summed E-state index contributed by atoms with van der Waals surface area (Å²) in [6.45, 7) is 10.1. The predicted molar refractivity (Wildman–Crippen MR) is 68.0 cm³/mol. The van der Waals surface area contributed by atoms with Crippen molar-refractivity contribution in [3.05, 3.63) is 0 Å². The molecular formula is C14H29N. The Balaban J connectivity index is 0.000000531. The molecule has 15 heavy (non-hydrogen) atoms. The van der Waals surface area contributed by atoms with Crippen molar-refractivity contribution in [1.82, 2.24) is 5.32 Å². The van der Waals surface area contributed by atoms with Crippen LogP contribution < -0.4 is 5.32 Å². The molecule has 0 spiro atoms. The van der Waals surface area contributed by atoms with Gasteiger partial charge in [0, 0.05) is 6.04 Å². The SMILES string of the molecule is CC.CC(C)C1CCC2CCNC2CC1. The second-order valence-corrected chi connectivity index (χ2v) is 5.27. The van der Waals surface area contributed by atoms with Gasteiger partial charge < -0.3 is 5.32 Å². The Hall–Kier alpha value is -0.0400. The lowest BCUT2D eigenvalue weighted by molar-refractivity contribution is 0.334. The minimum absolute atomic E-state index is 0.878. The first-order valence-corrected chi connectivity index (χ1v) is 7.00. The van der Waals surface area contributed by atoms with E-state index in [9.17, 15) is 0 Å². The van der Waals surface area contributed by atoms with Gasteiger partial charge in [-0.05, 0) is 56.4 Å². The molecular weight excluding hydrogens is 182 g/mol. The van der Waals surface area contributed by atoms with Crippen LogP contribution in [-0.4, -0.2) is 12.6 Å². The van der Waals surface area contributed by atoms with Crippen molar-refractivity contribution >= 4 is 0 Å². The van der Waals surface area contributed by atoms with Gasteiger partial charge >= 0.3 is 0 Å². The second-order valence-electron chi connectivity index (χ2n) is 5.27. The lowest BCUT2D eigenvalue weighted by Gasteiger charge is -2.18. The number of hydrogen-bond acceptors (Lipinski definition) is 1. The smallest absolute Gasteiger partial charge is 0.00959 e. The summed E-state index contributed by atoms with van der Waals surface area (Å²) in [5, 5.41) is 3.66. The van der Waals surface area contributed by atoms with Gasteiger partial charge in [0.05, 0.1) is 0 Å². The fourth-order valence-corrected chi connectivity index (χ4v) is 3.14. The largest absolute Gasteiger partial charge is 0.314 e. The molecule has 3 atom stereocenters. The Kier molecular flexibility index (Phi) is 5.66. The van der Waals surface area contributed by atoms with Crippen LogP contribution in [0.5, 0.6) is 0 Å². The molecule has 1 aliphatic carbocycles. The monoisotopic (exact) mass is 211 g/mol. The molecule has 1 aliphatic heterocycles. The third-order valence-electron chi connectivity index (χ3n) is 4.19. The van der Waals surface area contributed by atoms with Gasteiger partial charge in [-0.2, -0.15) is 0 Å². The molecule has 3 unspecified atom stereocenters. The number of hydrogen-bond donors (Lipinski definition) is 1. The fourth-order valence-electron chi connectivity index (χ4n) is 3.14. The van der Waals surface area contributed by atoms with Gasteiger partial charge in [0.2, 0.25) is 0 Å². The van der Waals surface area contributed by atoms with E-state index in [0.717, 1.165) is 23.8 Å². The number of fused-ring (bicyclic) bond motifs is 1. The molecule has 0 aromatic rings. The molecule has 0 radical (unpaired) electrons. The number of nitrogens with one attached hydrogen (secondary N) is 1. The van der Waals surface area contributed by atoms with Crippen LogP contribution in [0.3, 0.4) is 0 Å². The highest BCUT2D eigenvalue weighted by Gasteiger charge is 2.31. The van der Waals surface area contributed by atoms with Gasteiger partial charge in [-0.3, -0.25) is 0 Å². The molecule has 90 valence electrons. The van der Waals surface area contributed by atoms with E-state index < -0.39 is 0 Å². The van der Waals surface area contributed by atoms with Gasteiger partial charge in [0.25, 0.3) is 0 Å². The van der Waals surface area contributed by atoms with Crippen molar-refractivity contribution < 1.29 is 0 Å². The van der Waals surface area contributed by atoms with Crippen molar-refractivity contribution in [3.8, 4) is 0 Å². The summed E-state index contributed by atoms with van der Waals surface area (Å²) in [5.41, 5.74) is 0. The van der Waals surface area contributed by atoms with E-state index in [1.54, 1.807) is 0 Å². The van der Waals surface area contributed by atoms with Crippen molar-refractivity contribution in [2.24, 2.45) is 17.8 Å². The third kappa shape index (κ3) is 3.48. The Morgan fingerprint density at radius 3 is 2.27 bits per heavy atom. The van der Waals surface area contributed by atoms with Crippen LogP contribution in [0.4, 0.5) is 0 Å². The zero-order valence-electron chi connectivity index (χ0n) is 11.1. The highest BCUT2D eigenvalue weighted by Crippen LogP contribution is 2.35. The fraction of sp³-hybridized carbons (Fsp3) is 1.00. The normalized spacial score (nSPS) is 35.4. The molecule has 1 saturated carbocycles. The van der Waals surface area contributed by atoms with E-state index >= 15 is 0 Å². The summed E-state index contributed by atoms with van der Waals surface area (Å²) in [7, 11) is 0. The maximum absolute atomic E-state index is 3.66. The van der Waals surface area contributed by atoms with Crippen LogP contribution in [-0.2, 0) is 0 Å². The molecule has 1 N–H and O–H groups in total. The first kappa shape index (κ1) is 13.0. The van der Waals surface area contributed by atoms with E-state index in [-0.39, 0.29) is 0 Å². The van der Waals surface area contributed by atoms with E-state index in [4.69, 9.17) is 0 Å². The van der Waals surface area contributed by atoms with Gasteiger partial charge in [-0.1, -0.05) is 27.7 Å². The average molecular weight is 211 g/mol. The Morgan fingerprint density at radius 2 is 1.60 bits per heavy atom. The summed E-state index contributed by atoms with van der Waals surface area (Å²) < 4.78 is 0. The van der Waals surface area contributed by atoms with Gasteiger partial charge in [-0.25, -0.2) is 0 Å². The minimum atomic E-state index is 0.878. The van der Waals surface area contributed by atoms with E-state index in [0.29, 0.717) is 0 Å². The average Bonchev–Trinajstić information content (AvgIpc) is 2.60. The van der Waals surface area contributed by atoms with Crippen LogP contribution in [0.1, 0.15) is 59.8 Å². The van der Waals surface area contributed by atoms with Crippen LogP contribution in [0, 0.1) is 17.8 Å². The number of rotatable bonds is 1. The highest BCUT2D eigenvalue weighted by molar-refractivity contribution is 4.87. The van der Waals surface area contributed by atoms with Crippen molar-refractivity contribution in [2.45, 2.75) is 65.8 Å². The van der Waals surface area contributed by atoms with Gasteiger partial charge in [-0.15, -0.1) is 0 Å². The minimum Gasteiger partial charge on any atom is -0.314 e. The van der Waals surface area contributed by atoms with Crippen LogP contribution in [0.15, 0.2) is 0 Å². The quantitative estimate of drug-likeness (QED) is 0.695. The molecule has 0 bridgehead atoms. The van der Waals surface area contributed by atoms with E-state index in [1.165, 1.54) is 38.6 Å². The zero-order valence-corrected chi connectivity index (χ0v) is 11.1. The zero-order chi connectivity index (χ0) is 11.3. The summed E-state index contributed by atoms with van der Waals surface area (Å²) in [5.74, 6) is 2.93. The first-order chi connectivity index (χ1) is 7.27. The Bertz CT molecular complexity index is 151. The maximum Gasteiger partial charge on any atom is 0.00959 e. The molecule has 2 rings (SSSR count). The predicted octanol–water partition coefficient (Wildman–Crippen LogP) is 3.84. The van der Waals surface area contributed by atoms with E-state index in [2.05, 4.69) is 19.2 Å². The summed E-state index contributed by atoms with van der Waals surface area (Å²) in [4.78, 5) is 0. The Labute approximate surface area is 96.0 Å². The lowest BCUT2D eigenvalue weighted by Crippen LogP contribution is -2.25. The first-order valence-electron chi connectivity index (χ1n) is 7.00. The van der Waals surface area contributed by atoms with Crippen molar-refractivity contribution in [2.75, 3.05) is 6.54 Å². The topological polar surface area (TPSA) is 12.0 Å². The summed E-state index contributed by atoms with van der Waals surface area (Å²) in [6, 6.07) is 0.878. The van der Waals surface area contributed by atoms with Gasteiger partial charge in [0.15, 0.2) is 0 Å². The van der Waals surface area contributed by atoms with Crippen LogP contribution in [0.25, 0.3) is 0 Å². The molecule has 2 fully saturated rings. The molecule has 0 amide bonds. The maximum atomic E-state index is 3.66. The lowest BCUT2D eigenvalue weighted by atomic mass is 9.88. The summed E-state index contributed by atoms with van der Waals surface area (Å²) in [6.07, 6.45) is 7.32. The second kappa shape index (κ2) is 6.52. The molecule has 2 aliphatic rings. The van der Waals surface area contributed by atoms with Crippen LogP contribution >= 0.6 is 0 Å². The summed E-state index contributed by atoms with van der Waals surface area (Å²) >= 11 is 0. The van der Waals surface area contributed by atoms with Gasteiger partial charge in [0.1, 0.15) is 0 Å². The van der Waals surface area contributed by atoms with Crippen LogP contribution in [0.2, 0.25) is 0 Å². The standard InChI is InChI=1S/C12H23N.C2H6/c1-9(2)10-3-4-11-7-8-13-12(11)6-5-10;1-2/h9-13H,3-8H2,1-2H3;1-2H3. The molecule has 1 heteroatoms. The Morgan fingerprint density at radius 1 is 0.933 bits per heavy atom. The molecule has 1 heterocycles. The highest BCUT2D eigenvalue weighted by atomic mass is 14.9. The third-order valence-corrected chi connectivity index (χ3v) is 4.19. The van der Waals surface area contributed by atoms with E-state index in [1.807, 2.05) is 13.8 Å². The van der Waals surface area contributed by atoms with Crippen molar-refractivity contribution in [3.63, 3.8) is 0 Å². The molecule has 0 aromatic carbocycles. The molecule has 1 saturated heterocycles. The van der Waals surface area contributed by atoms with Crippen molar-refractivity contribution in [1.29, 1.82) is 0 Å². The molecule has 1 nitrogen and oxygen atoms in total.